The van der Waals surface area contributed by atoms with Crippen LogP contribution in [0.1, 0.15) is 39.3 Å². The number of hydrogen-bond donors (Lipinski definition) is 2. The molecule has 2 amide bonds. The smallest absolute Gasteiger partial charge is 0.376 e. The first-order chi connectivity index (χ1) is 13.3. The van der Waals surface area contributed by atoms with Crippen LogP contribution in [-0.2, 0) is 10.9 Å². The third kappa shape index (κ3) is 5.07. The van der Waals surface area contributed by atoms with Crippen molar-refractivity contribution in [2.45, 2.75) is 25.1 Å². The lowest BCUT2D eigenvalue weighted by Crippen LogP contribution is -2.32. The molecule has 1 aromatic heterocycles. The number of nitrogens with one attached hydrogen (secondary N) is 2. The maximum Gasteiger partial charge on any atom is 0.416 e. The fraction of sp³-hybridized carbons (Fsp3) is 0.316. The Labute approximate surface area is 159 Å². The normalized spacial score (nSPS) is 16.6. The van der Waals surface area contributed by atoms with Gasteiger partial charge in [-0.05, 0) is 49.2 Å². The SMILES string of the molecule is O=C(Nc1ccc(C(F)(F)F)cc1)c1ccnc(C(=O)NCC2CCCO2)c1. The number of benzene rings is 1. The molecule has 0 radical (unpaired) electrons. The predicted molar refractivity (Wildman–Crippen MR) is 94.9 cm³/mol. The summed E-state index contributed by atoms with van der Waals surface area (Å²) in [6.45, 7) is 1.04. The first-order valence-electron chi connectivity index (χ1n) is 8.67. The minimum Gasteiger partial charge on any atom is -0.376 e. The van der Waals surface area contributed by atoms with Crippen LogP contribution in [0.15, 0.2) is 42.6 Å². The summed E-state index contributed by atoms with van der Waals surface area (Å²) >= 11 is 0. The molecule has 1 unspecified atom stereocenters. The number of amides is 2. The van der Waals surface area contributed by atoms with Gasteiger partial charge in [-0.2, -0.15) is 13.2 Å². The Bertz CT molecular complexity index is 847. The fourth-order valence-electron chi connectivity index (χ4n) is 2.74. The van der Waals surface area contributed by atoms with E-state index in [1.54, 1.807) is 0 Å². The van der Waals surface area contributed by atoms with Crippen LogP contribution in [0.3, 0.4) is 0 Å². The molecular formula is C19H18F3N3O3. The summed E-state index contributed by atoms with van der Waals surface area (Å²) in [6, 6.07) is 6.83. The van der Waals surface area contributed by atoms with Gasteiger partial charge in [-0.1, -0.05) is 0 Å². The Morgan fingerprint density at radius 1 is 1.14 bits per heavy atom. The summed E-state index contributed by atoms with van der Waals surface area (Å²) in [5.41, 5.74) is -0.367. The Kier molecular flexibility index (Phi) is 5.93. The number of nitrogens with zero attached hydrogens (tertiary/aromatic N) is 1. The summed E-state index contributed by atoms with van der Waals surface area (Å²) in [7, 11) is 0. The van der Waals surface area contributed by atoms with E-state index >= 15 is 0 Å². The van der Waals surface area contributed by atoms with E-state index < -0.39 is 23.6 Å². The molecular weight excluding hydrogens is 375 g/mol. The van der Waals surface area contributed by atoms with Crippen molar-refractivity contribution in [1.82, 2.24) is 10.3 Å². The van der Waals surface area contributed by atoms with Gasteiger partial charge < -0.3 is 15.4 Å². The molecule has 0 spiro atoms. The van der Waals surface area contributed by atoms with E-state index in [9.17, 15) is 22.8 Å². The summed E-state index contributed by atoms with van der Waals surface area (Å²) in [5, 5.41) is 5.21. The molecule has 28 heavy (non-hydrogen) atoms. The monoisotopic (exact) mass is 393 g/mol. The van der Waals surface area contributed by atoms with Crippen LogP contribution >= 0.6 is 0 Å². The standard InChI is InChI=1S/C19H18F3N3O3/c20-19(21,22)13-3-5-14(6-4-13)25-17(26)12-7-8-23-16(10-12)18(27)24-11-15-2-1-9-28-15/h3-8,10,15H,1-2,9,11H2,(H,24,27)(H,25,26). The summed E-state index contributed by atoms with van der Waals surface area (Å²) in [6.07, 6.45) is -1.31. The predicted octanol–water partition coefficient (Wildman–Crippen LogP) is 3.26. The molecule has 6 nitrogen and oxygen atoms in total. The van der Waals surface area contributed by atoms with Crippen LogP contribution in [0.4, 0.5) is 18.9 Å². The van der Waals surface area contributed by atoms with Crippen molar-refractivity contribution in [2.75, 3.05) is 18.5 Å². The van der Waals surface area contributed by atoms with Gasteiger partial charge in [0.2, 0.25) is 0 Å². The number of halogens is 3. The number of anilines is 1. The second-order valence-electron chi connectivity index (χ2n) is 6.30. The number of hydrogen-bond acceptors (Lipinski definition) is 4. The number of aromatic nitrogens is 1. The Balaban J connectivity index is 1.62. The fourth-order valence-corrected chi connectivity index (χ4v) is 2.74. The zero-order chi connectivity index (χ0) is 20.1. The molecule has 1 saturated heterocycles. The van der Waals surface area contributed by atoms with Crippen molar-refractivity contribution in [3.05, 3.63) is 59.4 Å². The Morgan fingerprint density at radius 2 is 1.89 bits per heavy atom. The topological polar surface area (TPSA) is 80.3 Å². The van der Waals surface area contributed by atoms with Crippen molar-refractivity contribution in [2.24, 2.45) is 0 Å². The van der Waals surface area contributed by atoms with Crippen LogP contribution in [-0.4, -0.2) is 36.1 Å². The molecule has 1 atom stereocenters. The lowest BCUT2D eigenvalue weighted by atomic mass is 10.1. The van der Waals surface area contributed by atoms with Gasteiger partial charge in [0, 0.05) is 30.6 Å². The van der Waals surface area contributed by atoms with Gasteiger partial charge >= 0.3 is 6.18 Å². The van der Waals surface area contributed by atoms with E-state index in [0.29, 0.717) is 13.2 Å². The molecule has 2 heterocycles. The van der Waals surface area contributed by atoms with Gasteiger partial charge in [-0.15, -0.1) is 0 Å². The third-order valence-corrected chi connectivity index (χ3v) is 4.24. The van der Waals surface area contributed by atoms with E-state index in [0.717, 1.165) is 37.1 Å². The van der Waals surface area contributed by atoms with Crippen molar-refractivity contribution < 1.29 is 27.5 Å². The molecule has 0 saturated carbocycles. The lowest BCUT2D eigenvalue weighted by molar-refractivity contribution is -0.137. The molecule has 1 aliphatic rings. The number of carbonyl (C=O) groups is 2. The molecule has 9 heteroatoms. The zero-order valence-electron chi connectivity index (χ0n) is 14.8. The van der Waals surface area contributed by atoms with Crippen LogP contribution in [0.5, 0.6) is 0 Å². The van der Waals surface area contributed by atoms with Gasteiger partial charge in [-0.25, -0.2) is 0 Å². The van der Waals surface area contributed by atoms with E-state index in [1.165, 1.54) is 18.3 Å². The average Bonchev–Trinajstić information content (AvgIpc) is 3.19. The molecule has 2 aromatic rings. The van der Waals surface area contributed by atoms with Crippen molar-refractivity contribution in [3.8, 4) is 0 Å². The van der Waals surface area contributed by atoms with Crippen LogP contribution in [0, 0.1) is 0 Å². The molecule has 1 aromatic carbocycles. The molecule has 3 rings (SSSR count). The molecule has 148 valence electrons. The second-order valence-corrected chi connectivity index (χ2v) is 6.30. The Hall–Kier alpha value is -2.94. The maximum atomic E-state index is 12.6. The quantitative estimate of drug-likeness (QED) is 0.817. The van der Waals surface area contributed by atoms with Gasteiger partial charge in [0.15, 0.2) is 0 Å². The van der Waals surface area contributed by atoms with Crippen molar-refractivity contribution in [1.29, 1.82) is 0 Å². The summed E-state index contributed by atoms with van der Waals surface area (Å²) in [5.74, 6) is -0.991. The molecule has 1 fully saturated rings. The number of ether oxygens (including phenoxy) is 1. The Morgan fingerprint density at radius 3 is 2.54 bits per heavy atom. The second kappa shape index (κ2) is 8.39. The van der Waals surface area contributed by atoms with Crippen LogP contribution in [0.2, 0.25) is 0 Å². The molecule has 0 bridgehead atoms. The minimum atomic E-state index is -4.45. The highest BCUT2D eigenvalue weighted by Crippen LogP contribution is 2.29. The third-order valence-electron chi connectivity index (χ3n) is 4.24. The number of pyridine rings is 1. The lowest BCUT2D eigenvalue weighted by Gasteiger charge is -2.11. The van der Waals surface area contributed by atoms with E-state index in [2.05, 4.69) is 15.6 Å². The number of carbonyl (C=O) groups excluding carboxylic acids is 2. The van der Waals surface area contributed by atoms with E-state index in [-0.39, 0.29) is 23.0 Å². The summed E-state index contributed by atoms with van der Waals surface area (Å²) in [4.78, 5) is 28.5. The highest BCUT2D eigenvalue weighted by molar-refractivity contribution is 6.05. The van der Waals surface area contributed by atoms with Gasteiger partial charge in [0.1, 0.15) is 5.69 Å². The molecule has 1 aliphatic heterocycles. The van der Waals surface area contributed by atoms with Crippen molar-refractivity contribution >= 4 is 17.5 Å². The first kappa shape index (κ1) is 19.8. The van der Waals surface area contributed by atoms with E-state index in [1.807, 2.05) is 0 Å². The highest BCUT2D eigenvalue weighted by Gasteiger charge is 2.30. The van der Waals surface area contributed by atoms with Gasteiger partial charge in [0.25, 0.3) is 11.8 Å². The highest BCUT2D eigenvalue weighted by atomic mass is 19.4. The van der Waals surface area contributed by atoms with Crippen molar-refractivity contribution in [3.63, 3.8) is 0 Å². The zero-order valence-corrected chi connectivity index (χ0v) is 14.8. The molecule has 2 N–H and O–H groups in total. The minimum absolute atomic E-state index is 0.0184. The van der Waals surface area contributed by atoms with Crippen LogP contribution in [0.25, 0.3) is 0 Å². The van der Waals surface area contributed by atoms with E-state index in [4.69, 9.17) is 4.74 Å². The maximum absolute atomic E-state index is 12.6. The average molecular weight is 393 g/mol. The summed E-state index contributed by atoms with van der Waals surface area (Å²) < 4.78 is 43.2. The number of rotatable bonds is 5. The van der Waals surface area contributed by atoms with Gasteiger partial charge in [0.05, 0.1) is 11.7 Å². The van der Waals surface area contributed by atoms with Crippen LogP contribution < -0.4 is 10.6 Å². The number of alkyl halides is 3. The largest absolute Gasteiger partial charge is 0.416 e. The first-order valence-corrected chi connectivity index (χ1v) is 8.67. The molecule has 0 aliphatic carbocycles. The van der Waals surface area contributed by atoms with Gasteiger partial charge in [-0.3, -0.25) is 14.6 Å².